The first-order valence-electron chi connectivity index (χ1n) is 43.5. The van der Waals surface area contributed by atoms with E-state index in [0.717, 1.165) is 34.6 Å². The normalized spacial score (nSPS) is 49.2. The van der Waals surface area contributed by atoms with Gasteiger partial charge in [0.15, 0.2) is 69.2 Å². The summed E-state index contributed by atoms with van der Waals surface area (Å²) in [6.45, 7) is -5.99. The lowest BCUT2D eigenvalue weighted by molar-refractivity contribution is -0.408. The van der Waals surface area contributed by atoms with E-state index in [-0.39, 0.29) is 0 Å². The van der Waals surface area contributed by atoms with E-state index in [1.54, 1.807) is 0 Å². The molecule has 11 aliphatic heterocycles. The maximum atomic E-state index is 13.4. The standard InChI is InChI=1S/C76H127N5O55/c1-17-38(96)49(107)53(111)71(117-17)136-64-52(110)42(100)26(10-85)122-75(64)132-60-30(14-89)124-69(36(48(60)106)80-21(5)94)129-61-31(15-90)126-76(65(55(61)113)135-70-37(81-22(6)95)47(105)58(28(12-87)125-70)130-72-54(112)50(108)40(98)24(8-83)120-72)133-62-43(101)32(16-116-74-63(51(109)41(99)25(9-84)121-74)134-67-34(78-19(3)92)44(102)39(97)23(7-82)119-67)127-73(56(62)114)131-59-29(13-88)123-68(35(46(59)104)79-20(4)93)128-57-27(11-86)118-66(115)33(45(57)103)77-18(2)91/h17,23-76,82-90,96-115H,7-16H2,1-6H3,(H,77,91)(H,78,92)(H,79,93)(H,80,94)(H,81,95)/t17-,23+,24+,25+,26+,27+,28+,29+,30+,31+,32+,33+,34+,35+,36+,37+,38+,39+,40-,41+,42-,43+,44+,45+,46+,47+,48+,49+,50-,51-,52-,53-,54+,55-,56-,57+,58+,59+,60+,61+,62-,63-,64+,65-,66+,67-,68-,69-,70-,71-,72-,73-,74-,75-,76+/m0/s1. The Labute approximate surface area is 770 Å². The molecule has 0 radical (unpaired) electrons. The molecule has 11 fully saturated rings. The molecule has 11 heterocycles. The number of ether oxygens (including phenoxy) is 21. The molecular formula is C76H127N5O55. The van der Waals surface area contributed by atoms with Crippen LogP contribution in [0.4, 0.5) is 0 Å². The van der Waals surface area contributed by atoms with Crippen LogP contribution >= 0.6 is 0 Å². The number of amides is 5. The molecule has 0 bridgehead atoms. The van der Waals surface area contributed by atoms with E-state index in [1.807, 2.05) is 0 Å². The van der Waals surface area contributed by atoms with Crippen molar-refractivity contribution in [2.24, 2.45) is 0 Å². The zero-order valence-corrected chi connectivity index (χ0v) is 73.4. The zero-order chi connectivity index (χ0) is 100. The van der Waals surface area contributed by atoms with Crippen LogP contribution in [0.5, 0.6) is 0 Å². The van der Waals surface area contributed by atoms with Gasteiger partial charge in [0, 0.05) is 34.6 Å². The largest absolute Gasteiger partial charge is 0.394 e. The van der Waals surface area contributed by atoms with E-state index < -0.39 is 433 Å². The van der Waals surface area contributed by atoms with E-state index in [0.29, 0.717) is 0 Å². The fraction of sp³-hybridized carbons (Fsp3) is 0.934. The van der Waals surface area contributed by atoms with Crippen LogP contribution in [0.25, 0.3) is 0 Å². The third-order valence-corrected chi connectivity index (χ3v) is 25.0. The summed E-state index contributed by atoms with van der Waals surface area (Å²) in [7, 11) is 0. The molecule has 136 heavy (non-hydrogen) atoms. The average molecular weight is 1990 g/mol. The maximum Gasteiger partial charge on any atom is 0.217 e. The third-order valence-electron chi connectivity index (χ3n) is 25.0. The lowest BCUT2D eigenvalue weighted by atomic mass is 9.93. The van der Waals surface area contributed by atoms with Gasteiger partial charge in [-0.3, -0.25) is 24.0 Å². The Hall–Kier alpha value is -4.65. The minimum absolute atomic E-state index is 0.823. The number of aliphatic hydroxyl groups is 29. The summed E-state index contributed by atoms with van der Waals surface area (Å²) in [6.07, 6.45) is -108. The van der Waals surface area contributed by atoms with Gasteiger partial charge in [0.25, 0.3) is 0 Å². The van der Waals surface area contributed by atoms with Crippen molar-refractivity contribution in [1.29, 1.82) is 0 Å². The number of carbonyl (C=O) groups is 5. The van der Waals surface area contributed by atoms with Gasteiger partial charge in [-0.15, -0.1) is 0 Å². The van der Waals surface area contributed by atoms with Gasteiger partial charge in [-0.25, -0.2) is 0 Å². The molecule has 5 amide bonds. The van der Waals surface area contributed by atoms with E-state index in [4.69, 9.17) is 99.5 Å². The first kappa shape index (κ1) is 112. The van der Waals surface area contributed by atoms with Crippen molar-refractivity contribution in [3.8, 4) is 0 Å². The maximum absolute atomic E-state index is 13.4. The molecule has 55 atom stereocenters. The van der Waals surface area contributed by atoms with Crippen molar-refractivity contribution in [2.45, 2.75) is 379 Å². The molecule has 0 saturated carbocycles. The third kappa shape index (κ3) is 24.6. The molecule has 11 aliphatic rings. The smallest absolute Gasteiger partial charge is 0.217 e. The van der Waals surface area contributed by atoms with Crippen molar-refractivity contribution in [2.75, 3.05) is 66.1 Å². The van der Waals surface area contributed by atoms with Crippen molar-refractivity contribution in [3.63, 3.8) is 0 Å². The number of aliphatic hydroxyl groups excluding tert-OH is 29. The van der Waals surface area contributed by atoms with E-state index in [9.17, 15) is 172 Å². The zero-order valence-electron chi connectivity index (χ0n) is 73.4. The highest BCUT2D eigenvalue weighted by Gasteiger charge is 2.63. The Morgan fingerprint density at radius 3 is 0.846 bits per heavy atom. The fourth-order valence-corrected chi connectivity index (χ4v) is 17.8. The van der Waals surface area contributed by atoms with Crippen LogP contribution < -0.4 is 26.6 Å². The van der Waals surface area contributed by atoms with Gasteiger partial charge >= 0.3 is 0 Å². The summed E-state index contributed by atoms with van der Waals surface area (Å²) >= 11 is 0. The summed E-state index contributed by atoms with van der Waals surface area (Å²) in [5, 5.41) is 340. The lowest BCUT2D eigenvalue weighted by Gasteiger charge is -2.52. The second kappa shape index (κ2) is 48.8. The van der Waals surface area contributed by atoms with Gasteiger partial charge in [0.05, 0.1) is 72.2 Å². The van der Waals surface area contributed by atoms with Gasteiger partial charge in [0.2, 0.25) is 29.5 Å². The summed E-state index contributed by atoms with van der Waals surface area (Å²) in [5.41, 5.74) is 0. The molecule has 0 spiro atoms. The van der Waals surface area contributed by atoms with Crippen molar-refractivity contribution >= 4 is 29.5 Å². The highest BCUT2D eigenvalue weighted by atomic mass is 16.8. The van der Waals surface area contributed by atoms with Crippen LogP contribution in [0.2, 0.25) is 0 Å². The van der Waals surface area contributed by atoms with Crippen LogP contribution in [-0.4, -0.2) is 581 Å². The SMILES string of the molecule is CC(=O)N[C@@H]1[C@@H](O)[C@H](O[C@@H]2O[C@H](CO)[C@@H](O[C@@H]3O[C@H](CO[C@H]4O[C@H](CO)[C@@H](O)[C@H](O)[C@@H]4O[C@@H]4O[C@H](CO)[C@@H](O)[C@H](O)[C@H]4NC(C)=O)[C@@H](O)[C@H](O[C@H]4O[C@H](CO)[C@@H](O[C@@H]5O[C@H](CO)[C@@H](O[C@@H]6O[C@H](CO)[C@H](O)[C@H](O)[C@H]6O[C@@H]6O[C@@H](C)[C@@H](O)[C@@H](O)[C@@H]6O)[C@H](O)[C@H]5NC(C)=O)[C@H](O)[C@@H]4O[C@@H]4O[C@H](CO)[C@@H](O[C@@H]5O[C@H](CO)[C@H](O)[C@H](O)[C@H]5O)[C@H](O)[C@H]4NC(C)=O)[C@@H]3O)[C@H](O)[C@H]2NC(C)=O)[C@@H](CO)O[C@H]1O. The Balaban J connectivity index is 0.984. The van der Waals surface area contributed by atoms with Crippen LogP contribution in [0, 0.1) is 0 Å². The fourth-order valence-electron chi connectivity index (χ4n) is 17.8. The van der Waals surface area contributed by atoms with Gasteiger partial charge in [-0.1, -0.05) is 0 Å². The van der Waals surface area contributed by atoms with Crippen molar-refractivity contribution in [3.05, 3.63) is 0 Å². The first-order valence-corrected chi connectivity index (χ1v) is 43.5. The molecule has 60 nitrogen and oxygen atoms in total. The summed E-state index contributed by atoms with van der Waals surface area (Å²) in [5.74, 6) is -4.83. The quantitative estimate of drug-likeness (QED) is 0.0280. The topological polar surface area (TPSA) is 926 Å². The molecule has 0 aromatic carbocycles. The second-order valence-electron chi connectivity index (χ2n) is 34.5. The lowest BCUT2D eigenvalue weighted by Crippen LogP contribution is -2.71. The molecule has 11 rings (SSSR count). The number of nitrogens with one attached hydrogen (secondary N) is 5. The minimum Gasteiger partial charge on any atom is -0.394 e. The van der Waals surface area contributed by atoms with Crippen LogP contribution in [0.15, 0.2) is 0 Å². The summed E-state index contributed by atoms with van der Waals surface area (Å²) in [4.78, 5) is 64.9. The van der Waals surface area contributed by atoms with Crippen LogP contribution in [0.3, 0.4) is 0 Å². The van der Waals surface area contributed by atoms with Gasteiger partial charge < -0.3 is 274 Å². The van der Waals surface area contributed by atoms with Crippen LogP contribution in [-0.2, 0) is 123 Å². The molecule has 0 unspecified atom stereocenters. The van der Waals surface area contributed by atoms with Gasteiger partial charge in [0.1, 0.15) is 262 Å². The second-order valence-corrected chi connectivity index (χ2v) is 34.5. The summed E-state index contributed by atoms with van der Waals surface area (Å²) < 4.78 is 127. The Morgan fingerprint density at radius 2 is 0.449 bits per heavy atom. The van der Waals surface area contributed by atoms with Gasteiger partial charge in [-0.05, 0) is 6.92 Å². The molecule has 34 N–H and O–H groups in total. The molecule has 0 aromatic heterocycles. The predicted molar refractivity (Wildman–Crippen MR) is 419 cm³/mol. The van der Waals surface area contributed by atoms with Gasteiger partial charge in [-0.2, -0.15) is 0 Å². The van der Waals surface area contributed by atoms with Crippen molar-refractivity contribution < 1.29 is 272 Å². The first-order chi connectivity index (χ1) is 64.3. The molecule has 0 aromatic rings. The molecule has 0 aliphatic carbocycles. The number of hydrogen-bond acceptors (Lipinski definition) is 55. The molecule has 11 saturated heterocycles. The molecule has 60 heteroatoms. The summed E-state index contributed by atoms with van der Waals surface area (Å²) in [6, 6.07) is -9.79. The minimum atomic E-state index is -2.74. The number of rotatable bonds is 35. The van der Waals surface area contributed by atoms with E-state index in [1.165, 1.54) is 6.92 Å². The monoisotopic (exact) mass is 1990 g/mol. The van der Waals surface area contributed by atoms with Crippen LogP contribution in [0.1, 0.15) is 41.5 Å². The predicted octanol–water partition coefficient (Wildman–Crippen LogP) is -23.2. The molecular weight excluding hydrogens is 1860 g/mol. The molecule has 786 valence electrons. The highest BCUT2D eigenvalue weighted by molar-refractivity contribution is 5.75. The van der Waals surface area contributed by atoms with Crippen molar-refractivity contribution in [1.82, 2.24) is 26.6 Å². The average Bonchev–Trinajstić information content (AvgIpc) is 0.756. The van der Waals surface area contributed by atoms with E-state index >= 15 is 0 Å². The Morgan fingerprint density at radius 1 is 0.206 bits per heavy atom. The highest BCUT2D eigenvalue weighted by Crippen LogP contribution is 2.43. The number of carbonyl (C=O) groups excluding carboxylic acids is 5. The Kier molecular flexibility index (Phi) is 40.1. The Bertz CT molecular complexity index is 3760. The number of hydrogen-bond donors (Lipinski definition) is 34. The van der Waals surface area contributed by atoms with E-state index in [2.05, 4.69) is 26.6 Å².